The fourth-order valence-electron chi connectivity index (χ4n) is 2.45. The molecule has 1 heterocycles. The molecule has 0 aromatic carbocycles. The van der Waals surface area contributed by atoms with E-state index in [1.807, 2.05) is 19.3 Å². The zero-order valence-corrected chi connectivity index (χ0v) is 11.4. The van der Waals surface area contributed by atoms with Crippen molar-refractivity contribution < 1.29 is 0 Å². The minimum absolute atomic E-state index is 0.0995. The minimum Gasteiger partial charge on any atom is -0.319 e. The number of hydrogen-bond acceptors (Lipinski definition) is 3. The topological polar surface area (TPSA) is 37.8 Å². The maximum absolute atomic E-state index is 4.81. The van der Waals surface area contributed by atoms with Gasteiger partial charge in [0.2, 0.25) is 0 Å². The molecule has 17 heavy (non-hydrogen) atoms. The lowest BCUT2D eigenvalue weighted by atomic mass is 9.68. The number of nitrogens with one attached hydrogen (secondary N) is 1. The van der Waals surface area contributed by atoms with Gasteiger partial charge in [-0.15, -0.1) is 0 Å². The Morgan fingerprint density at radius 3 is 2.53 bits per heavy atom. The highest BCUT2D eigenvalue weighted by Crippen LogP contribution is 2.41. The molecular weight excluding hydrogens is 210 g/mol. The molecule has 3 heteroatoms. The summed E-state index contributed by atoms with van der Waals surface area (Å²) < 4.78 is 0. The first kappa shape index (κ1) is 12.5. The van der Waals surface area contributed by atoms with Crippen LogP contribution in [0.5, 0.6) is 0 Å². The summed E-state index contributed by atoms with van der Waals surface area (Å²) in [7, 11) is 2.01. The van der Waals surface area contributed by atoms with Crippen molar-refractivity contribution in [3.63, 3.8) is 0 Å². The number of aromatic nitrogens is 2. The van der Waals surface area contributed by atoms with Crippen molar-refractivity contribution in [1.82, 2.24) is 15.3 Å². The van der Waals surface area contributed by atoms with E-state index in [0.29, 0.717) is 0 Å². The van der Waals surface area contributed by atoms with Gasteiger partial charge in [0.25, 0.3) is 0 Å². The third-order valence-corrected chi connectivity index (χ3v) is 3.72. The van der Waals surface area contributed by atoms with Crippen LogP contribution in [-0.2, 0) is 10.8 Å². The molecule has 0 saturated heterocycles. The Balaban J connectivity index is 2.32. The molecule has 0 atom stereocenters. The van der Waals surface area contributed by atoms with Gasteiger partial charge in [0.1, 0.15) is 5.82 Å². The fourth-order valence-corrected chi connectivity index (χ4v) is 2.45. The van der Waals surface area contributed by atoms with Crippen LogP contribution in [0.1, 0.15) is 51.6 Å². The average Bonchev–Trinajstić information content (AvgIpc) is 2.22. The van der Waals surface area contributed by atoms with Gasteiger partial charge in [0.15, 0.2) is 0 Å². The Labute approximate surface area is 104 Å². The SMILES string of the molecule is CNCC1(c2nccc(C(C)(C)C)n2)CCC1. The Kier molecular flexibility index (Phi) is 3.21. The first-order valence-corrected chi connectivity index (χ1v) is 6.47. The lowest BCUT2D eigenvalue weighted by molar-refractivity contribution is 0.223. The second-order valence-electron chi connectivity index (χ2n) is 6.18. The summed E-state index contributed by atoms with van der Waals surface area (Å²) in [5, 5.41) is 3.29. The molecular formula is C14H23N3. The lowest BCUT2D eigenvalue weighted by Gasteiger charge is -2.40. The van der Waals surface area contributed by atoms with Gasteiger partial charge in [-0.2, -0.15) is 0 Å². The quantitative estimate of drug-likeness (QED) is 0.871. The molecule has 1 fully saturated rings. The van der Waals surface area contributed by atoms with Gasteiger partial charge >= 0.3 is 0 Å². The van der Waals surface area contributed by atoms with Gasteiger partial charge in [0.05, 0.1) is 0 Å². The summed E-state index contributed by atoms with van der Waals surface area (Å²) in [4.78, 5) is 9.32. The monoisotopic (exact) mass is 233 g/mol. The van der Waals surface area contributed by atoms with Gasteiger partial charge in [-0.1, -0.05) is 27.2 Å². The molecule has 0 spiro atoms. The molecule has 1 aliphatic carbocycles. The summed E-state index contributed by atoms with van der Waals surface area (Å²) in [6, 6.07) is 2.04. The molecule has 94 valence electrons. The largest absolute Gasteiger partial charge is 0.319 e. The predicted octanol–water partition coefficient (Wildman–Crippen LogP) is 2.42. The van der Waals surface area contributed by atoms with Crippen molar-refractivity contribution in [3.8, 4) is 0 Å². The maximum Gasteiger partial charge on any atom is 0.135 e. The summed E-state index contributed by atoms with van der Waals surface area (Å²) in [6.45, 7) is 7.58. The van der Waals surface area contributed by atoms with Crippen LogP contribution in [0.3, 0.4) is 0 Å². The highest BCUT2D eigenvalue weighted by molar-refractivity contribution is 5.19. The molecule has 1 N–H and O–H groups in total. The van der Waals surface area contributed by atoms with Crippen molar-refractivity contribution in [2.24, 2.45) is 0 Å². The molecule has 0 bridgehead atoms. The fraction of sp³-hybridized carbons (Fsp3) is 0.714. The van der Waals surface area contributed by atoms with Crippen LogP contribution in [0.25, 0.3) is 0 Å². The Morgan fingerprint density at radius 1 is 1.35 bits per heavy atom. The number of nitrogens with zero attached hydrogens (tertiary/aromatic N) is 2. The van der Waals surface area contributed by atoms with E-state index in [9.17, 15) is 0 Å². The second kappa shape index (κ2) is 4.37. The Hall–Kier alpha value is -0.960. The van der Waals surface area contributed by atoms with Crippen LogP contribution in [0.4, 0.5) is 0 Å². The zero-order chi connectivity index (χ0) is 12.5. The molecule has 1 aliphatic rings. The predicted molar refractivity (Wildman–Crippen MR) is 70.2 cm³/mol. The smallest absolute Gasteiger partial charge is 0.135 e. The van der Waals surface area contributed by atoms with E-state index in [4.69, 9.17) is 4.98 Å². The minimum atomic E-state index is 0.0995. The normalized spacial score (nSPS) is 18.8. The molecule has 1 saturated carbocycles. The number of hydrogen-bond donors (Lipinski definition) is 1. The molecule has 0 radical (unpaired) electrons. The standard InChI is InChI=1S/C14H23N3/c1-13(2,3)11-6-9-16-12(17-11)14(10-15-4)7-5-8-14/h6,9,15H,5,7-8,10H2,1-4H3. The third-order valence-electron chi connectivity index (χ3n) is 3.72. The zero-order valence-electron chi connectivity index (χ0n) is 11.4. The van der Waals surface area contributed by atoms with Gasteiger partial charge in [-0.05, 0) is 26.0 Å². The maximum atomic E-state index is 4.81. The molecule has 0 unspecified atom stereocenters. The Morgan fingerprint density at radius 2 is 2.06 bits per heavy atom. The first-order valence-electron chi connectivity index (χ1n) is 6.47. The highest BCUT2D eigenvalue weighted by Gasteiger charge is 2.41. The summed E-state index contributed by atoms with van der Waals surface area (Å²) in [5.74, 6) is 1.03. The first-order chi connectivity index (χ1) is 7.98. The van der Waals surface area contributed by atoms with Crippen LogP contribution in [-0.4, -0.2) is 23.6 Å². The second-order valence-corrected chi connectivity index (χ2v) is 6.18. The average molecular weight is 233 g/mol. The molecule has 1 aromatic heterocycles. The van der Waals surface area contributed by atoms with Crippen LogP contribution < -0.4 is 5.32 Å². The van der Waals surface area contributed by atoms with E-state index in [-0.39, 0.29) is 10.8 Å². The van der Waals surface area contributed by atoms with E-state index < -0.39 is 0 Å². The van der Waals surface area contributed by atoms with Crippen molar-refractivity contribution >= 4 is 0 Å². The van der Waals surface area contributed by atoms with Gasteiger partial charge in [-0.3, -0.25) is 0 Å². The van der Waals surface area contributed by atoms with Gasteiger partial charge in [0, 0.05) is 29.3 Å². The van der Waals surface area contributed by atoms with E-state index in [0.717, 1.165) is 18.1 Å². The van der Waals surface area contributed by atoms with Crippen molar-refractivity contribution in [2.75, 3.05) is 13.6 Å². The molecule has 0 amide bonds. The highest BCUT2D eigenvalue weighted by atomic mass is 14.9. The van der Waals surface area contributed by atoms with Gasteiger partial charge < -0.3 is 5.32 Å². The van der Waals surface area contributed by atoms with Crippen LogP contribution in [0.15, 0.2) is 12.3 Å². The van der Waals surface area contributed by atoms with E-state index in [1.165, 1.54) is 19.3 Å². The van der Waals surface area contributed by atoms with Crippen molar-refractivity contribution in [2.45, 2.75) is 50.9 Å². The van der Waals surface area contributed by atoms with Crippen LogP contribution in [0.2, 0.25) is 0 Å². The number of rotatable bonds is 3. The summed E-state index contributed by atoms with van der Waals surface area (Å²) in [6.07, 6.45) is 5.63. The third kappa shape index (κ3) is 2.34. The lowest BCUT2D eigenvalue weighted by Crippen LogP contribution is -2.44. The van der Waals surface area contributed by atoms with Crippen molar-refractivity contribution in [3.05, 3.63) is 23.8 Å². The summed E-state index contributed by atoms with van der Waals surface area (Å²) >= 11 is 0. The molecule has 3 nitrogen and oxygen atoms in total. The van der Waals surface area contributed by atoms with Gasteiger partial charge in [-0.25, -0.2) is 9.97 Å². The van der Waals surface area contributed by atoms with E-state index in [2.05, 4.69) is 31.1 Å². The number of likely N-dealkylation sites (N-methyl/N-ethyl adjacent to an activating group) is 1. The van der Waals surface area contributed by atoms with E-state index >= 15 is 0 Å². The van der Waals surface area contributed by atoms with Crippen LogP contribution in [0, 0.1) is 0 Å². The molecule has 0 aliphatic heterocycles. The Bertz CT molecular complexity index is 389. The van der Waals surface area contributed by atoms with Crippen molar-refractivity contribution in [1.29, 1.82) is 0 Å². The van der Waals surface area contributed by atoms with E-state index in [1.54, 1.807) is 0 Å². The molecule has 2 rings (SSSR count). The summed E-state index contributed by atoms with van der Waals surface area (Å²) in [5.41, 5.74) is 1.43. The van der Waals surface area contributed by atoms with Crippen LogP contribution >= 0.6 is 0 Å². The molecule has 1 aromatic rings.